The maximum atomic E-state index is 13.7. The second kappa shape index (κ2) is 15.0. The average Bonchev–Trinajstić information content (AvgIpc) is 3.60. The van der Waals surface area contributed by atoms with E-state index >= 15 is 0 Å². The van der Waals surface area contributed by atoms with Gasteiger partial charge in [-0.15, -0.1) is 22.7 Å². The molecule has 0 bridgehead atoms. The molecule has 0 saturated carbocycles. The zero-order valence-electron chi connectivity index (χ0n) is 27.3. The zero-order chi connectivity index (χ0) is 34.1. The maximum Gasteiger partial charge on any atom is 0.411 e. The van der Waals surface area contributed by atoms with E-state index in [0.717, 1.165) is 40.0 Å². The van der Waals surface area contributed by atoms with E-state index in [1.165, 1.54) is 40.5 Å². The molecule has 6 nitrogen and oxygen atoms in total. The Morgan fingerprint density at radius 2 is 1.23 bits per heavy atom. The lowest BCUT2D eigenvalue weighted by molar-refractivity contribution is 0.0169. The van der Waals surface area contributed by atoms with Crippen LogP contribution in [-0.4, -0.2) is 46.3 Å². The van der Waals surface area contributed by atoms with Gasteiger partial charge in [0.2, 0.25) is 0 Å². The SMILES string of the molecule is C.CC(C)(C)OC(=O)N1CCc2sc(Cl)cc2C1c1cccc(F)c1.CC(C)(C)OC(=O)N1CCc2sccc2C1c1cccc(F)c1. The number of hydrogen-bond acceptors (Lipinski definition) is 6. The van der Waals surface area contributed by atoms with E-state index in [2.05, 4.69) is 0 Å². The number of amides is 2. The fourth-order valence-electron chi connectivity index (χ4n) is 5.78. The van der Waals surface area contributed by atoms with Crippen molar-refractivity contribution < 1.29 is 27.8 Å². The van der Waals surface area contributed by atoms with Gasteiger partial charge >= 0.3 is 12.2 Å². The van der Waals surface area contributed by atoms with Crippen LogP contribution < -0.4 is 0 Å². The molecule has 6 rings (SSSR count). The molecule has 4 heterocycles. The Morgan fingerprint density at radius 3 is 1.71 bits per heavy atom. The molecule has 0 spiro atoms. The van der Waals surface area contributed by atoms with Crippen molar-refractivity contribution in [2.75, 3.05) is 13.1 Å². The zero-order valence-corrected chi connectivity index (χ0v) is 29.7. The number of hydrogen-bond donors (Lipinski definition) is 0. The maximum absolute atomic E-state index is 13.7. The van der Waals surface area contributed by atoms with Crippen molar-refractivity contribution in [3.8, 4) is 0 Å². The van der Waals surface area contributed by atoms with Crippen LogP contribution in [0.3, 0.4) is 0 Å². The topological polar surface area (TPSA) is 59.1 Å². The predicted octanol–water partition coefficient (Wildman–Crippen LogP) is 10.8. The van der Waals surface area contributed by atoms with Crippen molar-refractivity contribution in [2.24, 2.45) is 0 Å². The monoisotopic (exact) mass is 716 g/mol. The van der Waals surface area contributed by atoms with E-state index in [0.29, 0.717) is 17.4 Å². The number of ether oxygens (including phenoxy) is 2. The lowest BCUT2D eigenvalue weighted by Gasteiger charge is -2.37. The number of rotatable bonds is 2. The van der Waals surface area contributed by atoms with Gasteiger partial charge in [0.25, 0.3) is 0 Å². The molecule has 2 atom stereocenters. The fourth-order valence-corrected chi connectivity index (χ4v) is 7.98. The first-order valence-electron chi connectivity index (χ1n) is 15.4. The highest BCUT2D eigenvalue weighted by Crippen LogP contribution is 2.42. The molecular weight excluding hydrogens is 674 g/mol. The molecular formula is C37H43ClF2N2O4S2. The highest BCUT2D eigenvalue weighted by Gasteiger charge is 2.37. The number of carbonyl (C=O) groups excluding carboxylic acids is 2. The summed E-state index contributed by atoms with van der Waals surface area (Å²) in [7, 11) is 0. The van der Waals surface area contributed by atoms with Crippen molar-refractivity contribution in [2.45, 2.75) is 85.1 Å². The minimum absolute atomic E-state index is 0. The molecule has 2 aromatic heterocycles. The van der Waals surface area contributed by atoms with Gasteiger partial charge in [0, 0.05) is 22.8 Å². The van der Waals surface area contributed by atoms with Crippen LogP contribution in [0.1, 0.15) is 93.1 Å². The smallest absolute Gasteiger partial charge is 0.411 e. The van der Waals surface area contributed by atoms with E-state index in [9.17, 15) is 18.4 Å². The van der Waals surface area contributed by atoms with Crippen LogP contribution in [0, 0.1) is 11.6 Å². The standard InChI is InChI=1S/C18H19ClFNO2S.C18H20FNO2S.CH4/c1-18(2,3)23-17(22)21-8-7-14-13(10-15(19)24-14)16(21)11-5-4-6-12(20)9-11;1-18(2,3)22-17(21)20-9-7-15-14(8-10-23-15)16(20)12-5-4-6-13(19)11-12;/h4-6,9-10,16H,7-8H2,1-3H3;4-6,8,10-11,16H,7,9H2,1-3H3;1H4. The van der Waals surface area contributed by atoms with Gasteiger partial charge in [-0.3, -0.25) is 9.80 Å². The summed E-state index contributed by atoms with van der Waals surface area (Å²) in [6, 6.07) is 16.0. The van der Waals surface area contributed by atoms with Crippen molar-refractivity contribution in [1.82, 2.24) is 9.80 Å². The molecule has 2 amide bonds. The summed E-state index contributed by atoms with van der Waals surface area (Å²) in [5, 5.41) is 2.02. The minimum Gasteiger partial charge on any atom is -0.444 e. The molecule has 2 aliphatic heterocycles. The number of thiophene rings is 2. The Balaban J connectivity index is 0.000000212. The lowest BCUT2D eigenvalue weighted by Crippen LogP contribution is -2.43. The lowest BCUT2D eigenvalue weighted by atomic mass is 9.93. The number of nitrogens with zero attached hydrogens (tertiary/aromatic N) is 2. The number of carbonyl (C=O) groups is 2. The van der Waals surface area contributed by atoms with Gasteiger partial charge in [0.1, 0.15) is 22.8 Å². The molecule has 0 fully saturated rings. The van der Waals surface area contributed by atoms with E-state index in [1.807, 2.05) is 71.2 Å². The highest BCUT2D eigenvalue weighted by molar-refractivity contribution is 7.16. The van der Waals surface area contributed by atoms with E-state index in [1.54, 1.807) is 33.3 Å². The molecule has 4 aromatic rings. The third-order valence-electron chi connectivity index (χ3n) is 7.55. The largest absolute Gasteiger partial charge is 0.444 e. The van der Waals surface area contributed by atoms with E-state index < -0.39 is 17.3 Å². The first-order chi connectivity index (χ1) is 22.1. The fraction of sp³-hybridized carbons (Fsp3) is 0.405. The normalized spacial score (nSPS) is 17.3. The van der Waals surface area contributed by atoms with Gasteiger partial charge in [-0.2, -0.15) is 0 Å². The van der Waals surface area contributed by atoms with Crippen LogP contribution in [0.15, 0.2) is 66.0 Å². The molecule has 48 heavy (non-hydrogen) atoms. The Labute approximate surface area is 295 Å². The Bertz CT molecular complexity index is 1740. The second-order valence-electron chi connectivity index (χ2n) is 13.5. The predicted molar refractivity (Wildman–Crippen MR) is 190 cm³/mol. The van der Waals surface area contributed by atoms with Gasteiger partial charge in [-0.25, -0.2) is 18.4 Å². The summed E-state index contributed by atoms with van der Waals surface area (Å²) in [5.74, 6) is -0.626. The molecule has 11 heteroatoms. The first kappa shape index (κ1) is 37.4. The summed E-state index contributed by atoms with van der Waals surface area (Å²) in [6.07, 6.45) is 0.767. The second-order valence-corrected chi connectivity index (χ2v) is 16.3. The van der Waals surface area contributed by atoms with Crippen molar-refractivity contribution >= 4 is 46.5 Å². The molecule has 2 aromatic carbocycles. The summed E-state index contributed by atoms with van der Waals surface area (Å²) < 4.78 is 39.2. The molecule has 0 radical (unpaired) electrons. The molecule has 0 aliphatic carbocycles. The van der Waals surface area contributed by atoms with Crippen molar-refractivity contribution in [3.05, 3.63) is 114 Å². The third kappa shape index (κ3) is 8.95. The number of benzene rings is 2. The quantitative estimate of drug-likeness (QED) is 0.207. The van der Waals surface area contributed by atoms with Crippen LogP contribution in [-0.2, 0) is 22.3 Å². The molecule has 2 aliphatic rings. The van der Waals surface area contributed by atoms with Crippen LogP contribution in [0.4, 0.5) is 18.4 Å². The highest BCUT2D eigenvalue weighted by atomic mass is 35.5. The average molecular weight is 717 g/mol. The van der Waals surface area contributed by atoms with Gasteiger partial charge in [0.05, 0.1) is 16.4 Å². The molecule has 2 unspecified atom stereocenters. The summed E-state index contributed by atoms with van der Waals surface area (Å²) >= 11 is 9.37. The Kier molecular flexibility index (Phi) is 11.6. The van der Waals surface area contributed by atoms with Crippen molar-refractivity contribution in [3.63, 3.8) is 0 Å². The van der Waals surface area contributed by atoms with Crippen LogP contribution >= 0.6 is 34.3 Å². The van der Waals surface area contributed by atoms with Crippen LogP contribution in [0.2, 0.25) is 4.34 Å². The van der Waals surface area contributed by atoms with Gasteiger partial charge in [-0.1, -0.05) is 43.3 Å². The van der Waals surface area contributed by atoms with E-state index in [4.69, 9.17) is 21.1 Å². The number of fused-ring (bicyclic) bond motifs is 2. The summed E-state index contributed by atoms with van der Waals surface area (Å²) in [5.41, 5.74) is 2.37. The van der Waals surface area contributed by atoms with Gasteiger partial charge in [0.15, 0.2) is 0 Å². The number of halogens is 3. The van der Waals surface area contributed by atoms with E-state index in [-0.39, 0.29) is 37.2 Å². The summed E-state index contributed by atoms with van der Waals surface area (Å²) in [6.45, 7) is 12.1. The van der Waals surface area contributed by atoms with Crippen molar-refractivity contribution in [1.29, 1.82) is 0 Å². The minimum atomic E-state index is -0.587. The molecule has 258 valence electrons. The molecule has 0 N–H and O–H groups in total. The van der Waals surface area contributed by atoms with Crippen LogP contribution in [0.5, 0.6) is 0 Å². The molecule has 0 saturated heterocycles. The Hall–Kier alpha value is -3.47. The first-order valence-corrected chi connectivity index (χ1v) is 17.5. The van der Waals surface area contributed by atoms with Crippen LogP contribution in [0.25, 0.3) is 0 Å². The third-order valence-corrected chi connectivity index (χ3v) is 9.88. The Morgan fingerprint density at radius 1 is 0.750 bits per heavy atom. The van der Waals surface area contributed by atoms with Gasteiger partial charge in [-0.05, 0) is 118 Å². The summed E-state index contributed by atoms with van der Waals surface area (Å²) in [4.78, 5) is 31.1. The van der Waals surface area contributed by atoms with Gasteiger partial charge < -0.3 is 9.47 Å².